The van der Waals surface area contributed by atoms with Crippen LogP contribution in [0.4, 0.5) is 8.78 Å². The van der Waals surface area contributed by atoms with Crippen molar-refractivity contribution in [2.24, 2.45) is 0 Å². The second-order valence-corrected chi connectivity index (χ2v) is 4.23. The molecule has 0 saturated heterocycles. The Bertz CT molecular complexity index is 652. The molecule has 0 unspecified atom stereocenters. The molecule has 0 saturated carbocycles. The van der Waals surface area contributed by atoms with E-state index in [0.717, 1.165) is 11.3 Å². The number of rotatable bonds is 4. The van der Waals surface area contributed by atoms with Gasteiger partial charge in [0.2, 0.25) is 5.88 Å². The first-order chi connectivity index (χ1) is 9.15. The van der Waals surface area contributed by atoms with Gasteiger partial charge in [-0.3, -0.25) is 4.79 Å². The molecule has 0 aromatic carbocycles. The van der Waals surface area contributed by atoms with Gasteiger partial charge in [0, 0.05) is 6.20 Å². The Morgan fingerprint density at radius 2 is 2.32 bits per heavy atom. The fourth-order valence-electron chi connectivity index (χ4n) is 1.34. The molecule has 0 aliphatic heterocycles. The summed E-state index contributed by atoms with van der Waals surface area (Å²) in [6.45, 7) is -3.02. The Morgan fingerprint density at radius 3 is 2.89 bits per heavy atom. The third-order valence-corrected chi connectivity index (χ3v) is 3.08. The van der Waals surface area contributed by atoms with Gasteiger partial charge in [-0.15, -0.1) is 11.3 Å². The summed E-state index contributed by atoms with van der Waals surface area (Å²) in [5.74, 6) is -0.298. The number of pyridine rings is 1. The summed E-state index contributed by atoms with van der Waals surface area (Å²) < 4.78 is 28.8. The molecule has 0 amide bonds. The first-order valence-electron chi connectivity index (χ1n) is 4.92. The molecule has 5 nitrogen and oxygen atoms in total. The lowest BCUT2D eigenvalue weighted by atomic mass is 10.3. The molecular weight excluding hydrogens is 276 g/mol. The predicted molar refractivity (Wildman–Crippen MR) is 62.1 cm³/mol. The maximum absolute atomic E-state index is 12.2. The number of alkyl halides is 2. The molecule has 0 N–H and O–H groups in total. The van der Waals surface area contributed by atoms with E-state index in [2.05, 4.69) is 14.7 Å². The molecule has 0 radical (unpaired) electrons. The van der Waals surface area contributed by atoms with Crippen molar-refractivity contribution in [2.75, 3.05) is 0 Å². The third-order valence-electron chi connectivity index (χ3n) is 2.07. The van der Waals surface area contributed by atoms with E-state index in [0.29, 0.717) is 6.29 Å². The van der Waals surface area contributed by atoms with Gasteiger partial charge in [0.25, 0.3) is 0 Å². The van der Waals surface area contributed by atoms with Crippen molar-refractivity contribution in [1.82, 2.24) is 9.97 Å². The van der Waals surface area contributed by atoms with Crippen LogP contribution in [-0.2, 0) is 0 Å². The van der Waals surface area contributed by atoms with Crippen molar-refractivity contribution < 1.29 is 18.3 Å². The molecule has 96 valence electrons. The number of aromatic nitrogens is 2. The van der Waals surface area contributed by atoms with E-state index in [-0.39, 0.29) is 27.0 Å². The number of carbonyl (C=O) groups is 1. The van der Waals surface area contributed by atoms with Gasteiger partial charge in [0.05, 0.1) is 5.56 Å². The number of halogens is 2. The van der Waals surface area contributed by atoms with Crippen LogP contribution >= 0.6 is 11.3 Å². The van der Waals surface area contributed by atoms with E-state index >= 15 is 0 Å². The molecule has 0 aliphatic carbocycles. The van der Waals surface area contributed by atoms with Crippen LogP contribution in [-0.4, -0.2) is 22.9 Å². The van der Waals surface area contributed by atoms with Crippen molar-refractivity contribution in [3.05, 3.63) is 28.9 Å². The Kier molecular flexibility index (Phi) is 3.77. The van der Waals surface area contributed by atoms with Crippen LogP contribution in [0, 0.1) is 11.3 Å². The van der Waals surface area contributed by atoms with Crippen molar-refractivity contribution in [1.29, 1.82) is 5.26 Å². The number of hydrogen-bond donors (Lipinski definition) is 0. The number of thiazole rings is 1. The molecule has 2 heterocycles. The maximum atomic E-state index is 12.2. The van der Waals surface area contributed by atoms with Crippen LogP contribution < -0.4 is 4.74 Å². The van der Waals surface area contributed by atoms with Gasteiger partial charge in [-0.2, -0.15) is 14.0 Å². The highest BCUT2D eigenvalue weighted by Crippen LogP contribution is 2.33. The molecule has 8 heteroatoms. The smallest absolute Gasteiger partial charge is 0.388 e. The zero-order valence-corrected chi connectivity index (χ0v) is 10.0. The number of aldehydes is 1. The fraction of sp³-hybridized carbons (Fsp3) is 0.0909. The lowest BCUT2D eigenvalue weighted by molar-refractivity contribution is -0.0524. The van der Waals surface area contributed by atoms with Crippen LogP contribution in [0.2, 0.25) is 0 Å². The first kappa shape index (κ1) is 13.0. The summed E-state index contributed by atoms with van der Waals surface area (Å²) in [5, 5.41) is 9.02. The maximum Gasteiger partial charge on any atom is 0.388 e. The molecule has 0 spiro atoms. The van der Waals surface area contributed by atoms with Gasteiger partial charge < -0.3 is 4.74 Å². The Balaban J connectivity index is 2.50. The summed E-state index contributed by atoms with van der Waals surface area (Å²) in [4.78, 5) is 18.5. The van der Waals surface area contributed by atoms with Crippen molar-refractivity contribution >= 4 is 17.6 Å². The summed E-state index contributed by atoms with van der Waals surface area (Å²) in [5.41, 5.74) is 0.152. The highest BCUT2D eigenvalue weighted by molar-refractivity contribution is 7.16. The number of nitriles is 1. The fourth-order valence-corrected chi connectivity index (χ4v) is 2.19. The van der Waals surface area contributed by atoms with Gasteiger partial charge in [0.15, 0.2) is 12.0 Å². The minimum Gasteiger partial charge on any atom is -0.416 e. The Hall–Kier alpha value is -2.40. The average molecular weight is 281 g/mol. The number of nitrogens with zero attached hydrogens (tertiary/aromatic N) is 3. The summed E-state index contributed by atoms with van der Waals surface area (Å²) in [7, 11) is 0. The van der Waals surface area contributed by atoms with E-state index in [1.807, 2.05) is 0 Å². The molecule has 0 atom stereocenters. The normalized spacial score (nSPS) is 10.2. The second-order valence-electron chi connectivity index (χ2n) is 3.20. The van der Waals surface area contributed by atoms with Crippen LogP contribution in [0.1, 0.15) is 15.4 Å². The molecular formula is C11H5F2N3O2S. The zero-order chi connectivity index (χ0) is 13.8. The van der Waals surface area contributed by atoms with Crippen molar-refractivity contribution in [3.63, 3.8) is 0 Å². The highest BCUT2D eigenvalue weighted by atomic mass is 32.1. The summed E-state index contributed by atoms with van der Waals surface area (Å²) in [6, 6.07) is 4.74. The minimum absolute atomic E-state index is 0.0538. The molecule has 2 rings (SSSR count). The predicted octanol–water partition coefficient (Wildman–Crippen LogP) is 2.49. The van der Waals surface area contributed by atoms with Gasteiger partial charge in [-0.1, -0.05) is 0 Å². The van der Waals surface area contributed by atoms with Crippen LogP contribution in [0.25, 0.3) is 10.6 Å². The number of carbonyl (C=O) groups excluding carboxylic acids is 1. The lowest BCUT2D eigenvalue weighted by Crippen LogP contribution is -2.04. The van der Waals surface area contributed by atoms with E-state index in [1.54, 1.807) is 6.07 Å². The molecule has 0 fully saturated rings. The van der Waals surface area contributed by atoms with Gasteiger partial charge in [-0.05, 0) is 12.1 Å². The topological polar surface area (TPSA) is 75.9 Å². The standard InChI is InChI=1S/C11H5F2N3O2S/c12-11(13)18-9-6(2-1-3-15-9)10-16-7(4-14)8(5-17)19-10/h1-3,5,11H. The van der Waals surface area contributed by atoms with Crippen LogP contribution in [0.15, 0.2) is 18.3 Å². The zero-order valence-electron chi connectivity index (χ0n) is 9.21. The summed E-state index contributed by atoms with van der Waals surface area (Å²) in [6.07, 6.45) is 1.78. The van der Waals surface area contributed by atoms with Gasteiger partial charge in [0.1, 0.15) is 16.0 Å². The first-order valence-corrected chi connectivity index (χ1v) is 5.73. The van der Waals surface area contributed by atoms with E-state index in [4.69, 9.17) is 5.26 Å². The molecule has 2 aromatic heterocycles. The SMILES string of the molecule is N#Cc1nc(-c2cccnc2OC(F)F)sc1C=O. The molecule has 0 bridgehead atoms. The molecule has 19 heavy (non-hydrogen) atoms. The average Bonchev–Trinajstić information content (AvgIpc) is 2.81. The van der Waals surface area contributed by atoms with Crippen molar-refractivity contribution in [2.45, 2.75) is 6.61 Å². The van der Waals surface area contributed by atoms with E-state index in [9.17, 15) is 13.6 Å². The largest absolute Gasteiger partial charge is 0.416 e. The quantitative estimate of drug-likeness (QED) is 0.805. The van der Waals surface area contributed by atoms with E-state index in [1.165, 1.54) is 18.3 Å². The number of hydrogen-bond acceptors (Lipinski definition) is 6. The third kappa shape index (κ3) is 2.71. The van der Waals surface area contributed by atoms with Gasteiger partial charge >= 0.3 is 6.61 Å². The van der Waals surface area contributed by atoms with Crippen LogP contribution in [0.3, 0.4) is 0 Å². The highest BCUT2D eigenvalue weighted by Gasteiger charge is 2.17. The number of ether oxygens (including phenoxy) is 1. The lowest BCUT2D eigenvalue weighted by Gasteiger charge is -2.06. The Morgan fingerprint density at radius 1 is 1.53 bits per heavy atom. The van der Waals surface area contributed by atoms with E-state index < -0.39 is 6.61 Å². The summed E-state index contributed by atoms with van der Waals surface area (Å²) >= 11 is 0.912. The minimum atomic E-state index is -3.02. The van der Waals surface area contributed by atoms with Crippen molar-refractivity contribution in [3.8, 4) is 22.5 Å². The molecule has 2 aromatic rings. The molecule has 0 aliphatic rings. The second kappa shape index (κ2) is 5.49. The monoisotopic (exact) mass is 281 g/mol. The van der Waals surface area contributed by atoms with Crippen LogP contribution in [0.5, 0.6) is 5.88 Å². The van der Waals surface area contributed by atoms with Gasteiger partial charge in [-0.25, -0.2) is 9.97 Å². The Labute approximate surface area is 110 Å².